The predicted molar refractivity (Wildman–Crippen MR) is 46.3 cm³/mol. The van der Waals surface area contributed by atoms with Gasteiger partial charge in [0.25, 0.3) is 5.69 Å². The van der Waals surface area contributed by atoms with E-state index >= 15 is 0 Å². The van der Waals surface area contributed by atoms with Crippen LogP contribution in [0.1, 0.15) is 0 Å². The Morgan fingerprint density at radius 3 is 2.29 bits per heavy atom. The molecule has 0 radical (unpaired) electrons. The first-order valence-corrected chi connectivity index (χ1v) is 3.53. The second-order valence-corrected chi connectivity index (χ2v) is 2.37. The third kappa shape index (κ3) is 1.76. The van der Waals surface area contributed by atoms with E-state index in [1.807, 2.05) is 0 Å². The van der Waals surface area contributed by atoms with Gasteiger partial charge in [-0.05, 0) is 6.07 Å². The van der Waals surface area contributed by atoms with Gasteiger partial charge in [-0.15, -0.1) is 0 Å². The number of nitro groups is 2. The molecular formula is C7H6N2O5. The van der Waals surface area contributed by atoms with Crippen LogP contribution in [0.5, 0.6) is 5.75 Å². The SMILES string of the molecule is CO[13c]1[13cH][13cH][13c]([N+](=O)[O-])[13cH][13c]1[N+](=O)[O-]. The Morgan fingerprint density at radius 2 is 1.86 bits per heavy atom. The summed E-state index contributed by atoms with van der Waals surface area (Å²) in [7, 11) is 1.26. The summed E-state index contributed by atoms with van der Waals surface area (Å²) in [5.41, 5.74) is -0.751. The third-order valence-electron chi connectivity index (χ3n) is 1.57. The predicted octanol–water partition coefficient (Wildman–Crippen LogP) is 1.51. The molecule has 0 heterocycles. The molecule has 0 aromatic heterocycles. The molecule has 7 heteroatoms. The van der Waals surface area contributed by atoms with Gasteiger partial charge in [0.15, 0.2) is 5.75 Å². The lowest BCUT2D eigenvalue weighted by molar-refractivity contribution is -0.394. The molecule has 0 fully saturated rings. The van der Waals surface area contributed by atoms with Crippen LogP contribution in [0.4, 0.5) is 11.4 Å². The first kappa shape index (κ1) is 9.90. The molecule has 0 aliphatic rings. The van der Waals surface area contributed by atoms with Crippen LogP contribution >= 0.6 is 0 Å². The zero-order valence-electron chi connectivity index (χ0n) is 7.17. The monoisotopic (exact) mass is 204 g/mol. The zero-order valence-corrected chi connectivity index (χ0v) is 7.17. The summed E-state index contributed by atoms with van der Waals surface area (Å²) in [6.45, 7) is 0. The summed E-state index contributed by atoms with van der Waals surface area (Å²) in [4.78, 5) is 19.3. The molecule has 0 aliphatic carbocycles. The lowest BCUT2D eigenvalue weighted by Crippen LogP contribution is -1.95. The molecule has 0 spiro atoms. The summed E-state index contributed by atoms with van der Waals surface area (Å²) in [5.74, 6) is 0.000556. The van der Waals surface area contributed by atoms with E-state index in [2.05, 4.69) is 4.74 Å². The summed E-state index contributed by atoms with van der Waals surface area (Å²) in [6.07, 6.45) is 0. The lowest BCUT2D eigenvalue weighted by Gasteiger charge is -1.99. The highest BCUT2D eigenvalue weighted by Crippen LogP contribution is 2.30. The molecule has 0 atom stereocenters. The van der Waals surface area contributed by atoms with Crippen molar-refractivity contribution in [3.05, 3.63) is 38.4 Å². The number of nitrogens with zero attached hydrogens (tertiary/aromatic N) is 2. The third-order valence-corrected chi connectivity index (χ3v) is 1.57. The molecule has 1 aromatic rings. The lowest BCUT2D eigenvalue weighted by atomic mass is 11.2. The summed E-state index contributed by atoms with van der Waals surface area (Å²) in [6, 6.07) is 3.20. The van der Waals surface area contributed by atoms with E-state index in [1.54, 1.807) is 0 Å². The largest absolute Gasteiger partial charge is 0.490 e. The van der Waals surface area contributed by atoms with Crippen LogP contribution in [0, 0.1) is 20.2 Å². The van der Waals surface area contributed by atoms with Gasteiger partial charge in [0.1, 0.15) is 0 Å². The van der Waals surface area contributed by atoms with Crippen LogP contribution < -0.4 is 4.74 Å². The fourth-order valence-electron chi connectivity index (χ4n) is 0.935. The number of non-ortho nitro benzene ring substituents is 1. The number of ether oxygens (including phenoxy) is 1. The van der Waals surface area contributed by atoms with Gasteiger partial charge in [0.2, 0.25) is 0 Å². The highest BCUT2D eigenvalue weighted by molar-refractivity contribution is 5.53. The van der Waals surface area contributed by atoms with Crippen LogP contribution in [0.15, 0.2) is 18.2 Å². The Morgan fingerprint density at radius 1 is 1.21 bits per heavy atom. The van der Waals surface area contributed by atoms with Gasteiger partial charge in [-0.2, -0.15) is 0 Å². The van der Waals surface area contributed by atoms with Gasteiger partial charge < -0.3 is 4.74 Å². The van der Waals surface area contributed by atoms with E-state index < -0.39 is 15.5 Å². The van der Waals surface area contributed by atoms with Crippen molar-refractivity contribution in [3.63, 3.8) is 0 Å². The van der Waals surface area contributed by atoms with E-state index in [-0.39, 0.29) is 11.4 Å². The van der Waals surface area contributed by atoms with E-state index in [9.17, 15) is 20.2 Å². The highest BCUT2D eigenvalue weighted by Gasteiger charge is 2.19. The molecule has 0 unspecified atom stereocenters. The fourth-order valence-corrected chi connectivity index (χ4v) is 0.935. The average molecular weight is 204 g/mol. The maximum Gasteiger partial charge on any atom is 0.317 e. The Hall–Kier alpha value is -2.18. The number of nitro benzene ring substituents is 2. The Balaban J connectivity index is 3.27. The number of benzene rings is 1. The van der Waals surface area contributed by atoms with Gasteiger partial charge in [-0.25, -0.2) is 0 Å². The van der Waals surface area contributed by atoms with E-state index in [4.69, 9.17) is 0 Å². The Labute approximate surface area is 78.2 Å². The van der Waals surface area contributed by atoms with Crippen LogP contribution in [0.2, 0.25) is 0 Å². The normalized spacial score (nSPS) is 9.50. The smallest absolute Gasteiger partial charge is 0.317 e. The molecule has 1 aromatic carbocycles. The molecular weight excluding hydrogens is 198 g/mol. The number of methoxy groups -OCH3 is 1. The fraction of sp³-hybridized carbons (Fsp3) is 0.143. The van der Waals surface area contributed by atoms with Gasteiger partial charge in [-0.1, -0.05) is 0 Å². The molecule has 0 N–H and O–H groups in total. The standard InChI is InChI=1S/C7H6N2O5/c1-14-7-3-2-5(8(10)11)4-6(7)9(12)13/h2-4H,1H3/i2+1,3+1,4+1,5+1,6+1,7+1. The van der Waals surface area contributed by atoms with Crippen molar-refractivity contribution in [1.29, 1.82) is 0 Å². The molecule has 14 heavy (non-hydrogen) atoms. The number of rotatable bonds is 3. The molecule has 7 nitrogen and oxygen atoms in total. The van der Waals surface area contributed by atoms with Crippen LogP contribution in [0.25, 0.3) is 0 Å². The van der Waals surface area contributed by atoms with Crippen molar-refractivity contribution in [1.82, 2.24) is 0 Å². The maximum absolute atomic E-state index is 10.5. The van der Waals surface area contributed by atoms with Crippen LogP contribution in [-0.4, -0.2) is 17.0 Å². The van der Waals surface area contributed by atoms with Gasteiger partial charge in [-0.3, -0.25) is 20.2 Å². The van der Waals surface area contributed by atoms with E-state index in [1.165, 1.54) is 13.2 Å². The van der Waals surface area contributed by atoms with Crippen molar-refractivity contribution >= 4 is 11.4 Å². The molecule has 1 rings (SSSR count). The maximum atomic E-state index is 10.5. The molecule has 74 valence electrons. The highest BCUT2D eigenvalue weighted by atomic mass is 16.7. The second kappa shape index (κ2) is 3.69. The number of hydrogen-bond acceptors (Lipinski definition) is 5. The van der Waals surface area contributed by atoms with Crippen molar-refractivity contribution in [3.8, 4) is 5.75 Å². The summed E-state index contributed by atoms with van der Waals surface area (Å²) < 4.78 is 4.68. The number of hydrogen-bond donors (Lipinski definition) is 0. The minimum Gasteiger partial charge on any atom is -0.490 e. The molecule has 0 aliphatic heterocycles. The van der Waals surface area contributed by atoms with Crippen LogP contribution in [-0.2, 0) is 0 Å². The van der Waals surface area contributed by atoms with E-state index in [0.717, 1.165) is 12.1 Å². The first-order chi connectivity index (χ1) is 6.56. The second-order valence-electron chi connectivity index (χ2n) is 2.37. The zero-order chi connectivity index (χ0) is 10.7. The average Bonchev–Trinajstić information content (AvgIpc) is 2.16. The van der Waals surface area contributed by atoms with Crippen molar-refractivity contribution in [2.45, 2.75) is 0 Å². The Kier molecular flexibility index (Phi) is 2.61. The first-order valence-electron chi connectivity index (χ1n) is 3.53. The van der Waals surface area contributed by atoms with Gasteiger partial charge in [0.05, 0.1) is 23.0 Å². The van der Waals surface area contributed by atoms with E-state index in [0.29, 0.717) is 0 Å². The molecule has 0 saturated carbocycles. The van der Waals surface area contributed by atoms with Crippen molar-refractivity contribution < 1.29 is 14.6 Å². The summed E-state index contributed by atoms with van der Waals surface area (Å²) in [5, 5.41) is 20.8. The topological polar surface area (TPSA) is 95.5 Å². The minimum absolute atomic E-state index is 0.000556. The van der Waals surface area contributed by atoms with Crippen molar-refractivity contribution in [2.75, 3.05) is 7.11 Å². The summed E-state index contributed by atoms with van der Waals surface area (Å²) >= 11 is 0. The Bertz CT molecular complexity index is 390. The van der Waals surface area contributed by atoms with Crippen molar-refractivity contribution in [2.24, 2.45) is 0 Å². The van der Waals surface area contributed by atoms with Gasteiger partial charge >= 0.3 is 5.69 Å². The molecule has 0 bridgehead atoms. The van der Waals surface area contributed by atoms with Gasteiger partial charge in [0, 0.05) is 6.07 Å². The molecule has 0 amide bonds. The quantitative estimate of drug-likeness (QED) is 0.549. The van der Waals surface area contributed by atoms with Crippen LogP contribution in [0.3, 0.4) is 0 Å². The molecule has 0 saturated heterocycles. The minimum atomic E-state index is -0.730.